The Morgan fingerprint density at radius 1 is 0.488 bits per heavy atom. The van der Waals surface area contributed by atoms with Crippen LogP contribution in [0.25, 0.3) is 0 Å². The quantitative estimate of drug-likeness (QED) is 0.105. The maximum Gasteiger partial charge on any atom is 0.492 e. The number of hydrogen-bond donors (Lipinski definition) is 0. The van der Waals surface area contributed by atoms with Crippen LogP contribution in [0.1, 0.15) is 130 Å². The first-order valence-electron chi connectivity index (χ1n) is 17.0. The molecule has 232 valence electrons. The van der Waals surface area contributed by atoms with Crippen LogP contribution in [0.3, 0.4) is 0 Å². The van der Waals surface area contributed by atoms with Gasteiger partial charge in [0.25, 0.3) is 0 Å². The van der Waals surface area contributed by atoms with Gasteiger partial charge < -0.3 is 18.8 Å². The third-order valence-electron chi connectivity index (χ3n) is 7.89. The highest BCUT2D eigenvalue weighted by atomic mass is 16.7. The molecule has 0 aliphatic carbocycles. The minimum Gasteiger partial charge on any atom is -0.808 e. The summed E-state index contributed by atoms with van der Waals surface area (Å²) < 4.78 is 12.0. The van der Waals surface area contributed by atoms with E-state index < -0.39 is 7.32 Å². The zero-order valence-corrected chi connectivity index (χ0v) is 27.6. The Hall–Kier alpha value is -1.98. The number of aryl methyl sites for hydroxylation is 2. The molecule has 0 aliphatic rings. The average molecular weight is 568 g/mol. The first-order valence-corrected chi connectivity index (χ1v) is 17.0. The predicted octanol–water partition coefficient (Wildman–Crippen LogP) is 9.18. The lowest BCUT2D eigenvalue weighted by atomic mass is 10.1. The Bertz CT molecular complexity index is 765. The molecule has 0 heterocycles. The van der Waals surface area contributed by atoms with E-state index >= 15 is 0 Å². The maximum absolute atomic E-state index is 11.9. The molecule has 0 bridgehead atoms. The predicted molar refractivity (Wildman–Crippen MR) is 176 cm³/mol. The first kappa shape index (κ1) is 37.1. The Morgan fingerprint density at radius 3 is 1.05 bits per heavy atom. The van der Waals surface area contributed by atoms with Crippen molar-refractivity contribution in [2.45, 2.75) is 131 Å². The third kappa shape index (κ3) is 16.9. The molecule has 4 nitrogen and oxygen atoms in total. The van der Waals surface area contributed by atoms with Gasteiger partial charge in [0, 0.05) is 0 Å². The monoisotopic (exact) mass is 567 g/mol. The van der Waals surface area contributed by atoms with E-state index in [0.717, 1.165) is 12.8 Å². The summed E-state index contributed by atoms with van der Waals surface area (Å²) in [4.78, 5) is 0. The molecule has 0 fully saturated rings. The van der Waals surface area contributed by atoms with Crippen molar-refractivity contribution in [3.8, 4) is 11.5 Å². The van der Waals surface area contributed by atoms with Crippen molar-refractivity contribution in [3.05, 3.63) is 59.7 Å². The highest BCUT2D eigenvalue weighted by Crippen LogP contribution is 2.18. The van der Waals surface area contributed by atoms with Gasteiger partial charge in [0.05, 0.1) is 26.2 Å². The van der Waals surface area contributed by atoms with Gasteiger partial charge in [0.1, 0.15) is 11.5 Å². The topological polar surface area (TPSA) is 41.5 Å². The highest BCUT2D eigenvalue weighted by molar-refractivity contribution is 6.34. The van der Waals surface area contributed by atoms with Gasteiger partial charge >= 0.3 is 7.32 Å². The van der Waals surface area contributed by atoms with Crippen molar-refractivity contribution in [1.82, 2.24) is 0 Å². The standard InChI is InChI=1S/C20H26BO3.C16H36N/c1-3-5-7-17-9-13-19(14-10-17)23-21(22)24-20-15-11-18(12-16-20)8-6-4-2;1-5-9-13-17(14-10-6-2,15-11-7-3)16-12-8-4/h9-16H,3-8H2,1-2H3;5-16H2,1-4H3/q-1;+1. The molecule has 0 unspecified atom stereocenters. The molecule has 0 spiro atoms. The molecule has 2 rings (SSSR count). The fraction of sp³-hybridized carbons (Fsp3) is 0.667. The summed E-state index contributed by atoms with van der Waals surface area (Å²) in [6.07, 6.45) is 17.9. The summed E-state index contributed by atoms with van der Waals surface area (Å²) in [6.45, 7) is 19.4. The molecular formula is C36H62BNO3. The van der Waals surface area contributed by atoms with Crippen LogP contribution in [-0.2, 0) is 12.8 Å². The molecule has 0 aromatic heterocycles. The van der Waals surface area contributed by atoms with Crippen LogP contribution in [-0.4, -0.2) is 38.0 Å². The van der Waals surface area contributed by atoms with Gasteiger partial charge in [-0.15, -0.1) is 0 Å². The number of rotatable bonds is 22. The van der Waals surface area contributed by atoms with Crippen LogP contribution in [0.15, 0.2) is 48.5 Å². The van der Waals surface area contributed by atoms with Gasteiger partial charge in [0.15, 0.2) is 0 Å². The SMILES string of the molecule is CCCC[N+](CCCC)(CCCC)CCCC.CCCCc1ccc(OB([O-])Oc2ccc(CCCC)cc2)cc1. The Labute approximate surface area is 254 Å². The highest BCUT2D eigenvalue weighted by Gasteiger charge is 2.24. The fourth-order valence-electron chi connectivity index (χ4n) is 5.12. The van der Waals surface area contributed by atoms with Crippen LogP contribution in [0.4, 0.5) is 0 Å². The van der Waals surface area contributed by atoms with Gasteiger partial charge in [-0.1, -0.05) is 104 Å². The third-order valence-corrected chi connectivity index (χ3v) is 7.89. The number of hydrogen-bond acceptors (Lipinski definition) is 3. The molecule has 0 N–H and O–H groups in total. The van der Waals surface area contributed by atoms with Crippen molar-refractivity contribution < 1.29 is 18.8 Å². The van der Waals surface area contributed by atoms with E-state index in [0.29, 0.717) is 11.5 Å². The molecular weight excluding hydrogens is 505 g/mol. The minimum absolute atomic E-state index is 0.537. The molecule has 0 atom stereocenters. The van der Waals surface area contributed by atoms with Crippen molar-refractivity contribution >= 4 is 7.32 Å². The lowest BCUT2D eigenvalue weighted by molar-refractivity contribution is -0.929. The smallest absolute Gasteiger partial charge is 0.492 e. The van der Waals surface area contributed by atoms with Crippen molar-refractivity contribution in [2.24, 2.45) is 0 Å². The Kier molecular flexibility index (Phi) is 21.3. The van der Waals surface area contributed by atoms with Gasteiger partial charge in [-0.3, -0.25) is 0 Å². The van der Waals surface area contributed by atoms with Gasteiger partial charge in [-0.25, -0.2) is 0 Å². The molecule has 0 amide bonds. The summed E-state index contributed by atoms with van der Waals surface area (Å²) in [5.74, 6) is 1.07. The zero-order valence-electron chi connectivity index (χ0n) is 27.6. The van der Waals surface area contributed by atoms with Crippen LogP contribution >= 0.6 is 0 Å². The summed E-state index contributed by atoms with van der Waals surface area (Å²) in [6, 6.07) is 15.3. The van der Waals surface area contributed by atoms with Gasteiger partial charge in [0.2, 0.25) is 0 Å². The summed E-state index contributed by atoms with van der Waals surface area (Å²) in [5, 5.41) is 11.9. The van der Waals surface area contributed by atoms with Crippen LogP contribution < -0.4 is 14.3 Å². The largest absolute Gasteiger partial charge is 0.808 e. The van der Waals surface area contributed by atoms with Gasteiger partial charge in [-0.05, 0) is 86.8 Å². The van der Waals surface area contributed by atoms with Crippen LogP contribution in [0.2, 0.25) is 0 Å². The Balaban J connectivity index is 0.000000438. The van der Waals surface area contributed by atoms with Gasteiger partial charge in [-0.2, -0.15) is 0 Å². The van der Waals surface area contributed by atoms with E-state index in [4.69, 9.17) is 9.31 Å². The van der Waals surface area contributed by atoms with Crippen LogP contribution in [0.5, 0.6) is 11.5 Å². The lowest BCUT2D eigenvalue weighted by Gasteiger charge is -2.39. The zero-order chi connectivity index (χ0) is 30.2. The summed E-state index contributed by atoms with van der Waals surface area (Å²) in [5.41, 5.74) is 2.52. The number of nitrogens with zero attached hydrogens (tertiary/aromatic N) is 1. The van der Waals surface area contributed by atoms with E-state index in [9.17, 15) is 5.02 Å². The average Bonchev–Trinajstić information content (AvgIpc) is 3.00. The second-order valence-corrected chi connectivity index (χ2v) is 11.7. The lowest BCUT2D eigenvalue weighted by Crippen LogP contribution is -2.50. The van der Waals surface area contributed by atoms with E-state index in [2.05, 4.69) is 41.5 Å². The number of unbranched alkanes of at least 4 members (excludes halogenated alkanes) is 6. The first-order chi connectivity index (χ1) is 19.9. The number of quaternary nitrogens is 1. The Morgan fingerprint density at radius 2 is 0.780 bits per heavy atom. The molecule has 5 heteroatoms. The van der Waals surface area contributed by atoms with Crippen molar-refractivity contribution in [3.63, 3.8) is 0 Å². The van der Waals surface area contributed by atoms with Crippen molar-refractivity contribution in [1.29, 1.82) is 0 Å². The number of benzene rings is 2. The van der Waals surface area contributed by atoms with E-state index in [1.807, 2.05) is 48.5 Å². The fourth-order valence-corrected chi connectivity index (χ4v) is 5.12. The molecule has 0 saturated carbocycles. The van der Waals surface area contributed by atoms with E-state index in [1.54, 1.807) is 0 Å². The second-order valence-electron chi connectivity index (χ2n) is 11.7. The van der Waals surface area contributed by atoms with E-state index in [1.165, 1.54) is 119 Å². The molecule has 2 aromatic carbocycles. The summed E-state index contributed by atoms with van der Waals surface area (Å²) in [7, 11) is -1.56. The molecule has 41 heavy (non-hydrogen) atoms. The maximum atomic E-state index is 11.9. The molecule has 0 radical (unpaired) electrons. The van der Waals surface area contributed by atoms with Crippen LogP contribution in [0, 0.1) is 0 Å². The van der Waals surface area contributed by atoms with E-state index in [-0.39, 0.29) is 0 Å². The second kappa shape index (κ2) is 23.6. The summed E-state index contributed by atoms with van der Waals surface area (Å²) >= 11 is 0. The molecule has 0 saturated heterocycles. The minimum atomic E-state index is -1.56. The van der Waals surface area contributed by atoms with Crippen molar-refractivity contribution in [2.75, 3.05) is 26.2 Å². The molecule has 0 aliphatic heterocycles. The molecule has 2 aromatic rings. The normalized spacial score (nSPS) is 11.1.